The number of methoxy groups -OCH3 is 1. The predicted octanol–water partition coefficient (Wildman–Crippen LogP) is 5.58. The lowest BCUT2D eigenvalue weighted by Gasteiger charge is -2.50. The molecule has 0 spiro atoms. The number of Topliss-reactive ketones (excluding diaryl/α,β-unsaturated/α-hetero) is 2. The number of nitrogens with one attached hydrogen (secondary N) is 1. The highest BCUT2D eigenvalue weighted by Gasteiger charge is 2.70. The van der Waals surface area contributed by atoms with Crippen LogP contribution < -0.4 is 5.48 Å². The van der Waals surface area contributed by atoms with Gasteiger partial charge in [0.15, 0.2) is 24.0 Å². The highest BCUT2D eigenvalue weighted by atomic mass is 16.7. The number of esters is 1. The summed E-state index contributed by atoms with van der Waals surface area (Å²) in [4.78, 5) is 56.9. The number of hydroxylamine groups is 1. The number of aliphatic hydroxyl groups is 2. The van der Waals surface area contributed by atoms with Gasteiger partial charge >= 0.3 is 5.97 Å². The number of ether oxygens (including phenoxy) is 7. The van der Waals surface area contributed by atoms with Gasteiger partial charge in [-0.25, -0.2) is 0 Å². The SMILES string of the molecule is CC[C@@H]1CC(=O)[C@H](C)C(O[C@H]2C[C@@](C)(OC)[C@@H](O)[C@H](C)O2)[C@@H](C)[C@@H](O[C@@H]2O[C@H](C)C[C@H](N(C)C)[C@H]2O)[C@@](C)(OC/C=C/c2cnc3ccccc3c2)C[C@@H](C)C(=O)[C@@]2(C)ON[C@H]3C(=O)O[C@]1(C)[C@H]32. The Hall–Kier alpha value is -3.26. The molecule has 2 aromatic rings. The van der Waals surface area contributed by atoms with Crippen molar-refractivity contribution in [2.45, 2.75) is 185 Å². The molecule has 4 aliphatic heterocycles. The second-order valence-electron chi connectivity index (χ2n) is 21.4. The molecule has 1 aliphatic carbocycles. The fourth-order valence-corrected chi connectivity index (χ4v) is 12.3. The Balaban J connectivity index is 1.36. The van der Waals surface area contributed by atoms with E-state index in [1.165, 1.54) is 7.11 Å². The summed E-state index contributed by atoms with van der Waals surface area (Å²) in [6.07, 6.45) is -0.244. The van der Waals surface area contributed by atoms with Gasteiger partial charge in [0.2, 0.25) is 0 Å². The summed E-state index contributed by atoms with van der Waals surface area (Å²) in [5.74, 6) is -4.57. The van der Waals surface area contributed by atoms with Crippen LogP contribution in [0.1, 0.15) is 107 Å². The smallest absolute Gasteiger partial charge is 0.326 e. The van der Waals surface area contributed by atoms with Gasteiger partial charge < -0.3 is 48.3 Å². The number of carbonyl (C=O) groups excluding carboxylic acids is 3. The second-order valence-corrected chi connectivity index (χ2v) is 21.4. The number of hydrogen-bond donors (Lipinski definition) is 3. The largest absolute Gasteiger partial charge is 0.457 e. The normalized spacial score (nSPS) is 44.1. The predicted molar refractivity (Wildman–Crippen MR) is 253 cm³/mol. The van der Waals surface area contributed by atoms with Gasteiger partial charge in [0.25, 0.3) is 0 Å². The minimum absolute atomic E-state index is 0.00626. The van der Waals surface area contributed by atoms with Crippen molar-refractivity contribution in [3.05, 3.63) is 48.2 Å². The molecule has 3 N–H and O–H groups in total. The highest BCUT2D eigenvalue weighted by molar-refractivity contribution is 5.93. The minimum Gasteiger partial charge on any atom is -0.457 e. The van der Waals surface area contributed by atoms with Crippen LogP contribution in [0.15, 0.2) is 42.6 Å². The maximum atomic E-state index is 15.3. The fourth-order valence-electron chi connectivity index (χ4n) is 12.3. The van der Waals surface area contributed by atoms with E-state index in [1.54, 1.807) is 27.0 Å². The first kappa shape index (κ1) is 52.6. The first-order valence-electron chi connectivity index (χ1n) is 24.6. The summed E-state index contributed by atoms with van der Waals surface area (Å²) in [6.45, 7) is 18.5. The zero-order valence-corrected chi connectivity index (χ0v) is 42.3. The van der Waals surface area contributed by atoms with Crippen molar-refractivity contribution in [3.63, 3.8) is 0 Å². The zero-order valence-electron chi connectivity index (χ0n) is 42.3. The van der Waals surface area contributed by atoms with Crippen LogP contribution >= 0.6 is 0 Å². The molecule has 5 heterocycles. The maximum absolute atomic E-state index is 15.3. The fraction of sp³-hybridized carbons (Fsp3) is 0.731. The molecule has 378 valence electrons. The standard InChI is InChI=1S/C52H77N3O13/c1-14-35-24-38(56)30(4)42(65-39-26-49(7,61-13)45(59)32(6)64-39)31(5)46(66-48-41(57)37(55(11)12)22-29(3)63-48)50(8,62-21-17-18-33-23-34-19-15-16-20-36(34)53-27-33)25-28(2)44(58)52(10)43-40(54-68-52)47(60)67-51(35,43)9/h15-20,23,27-32,35,37,39-43,45-46,48,54,57,59H,14,21-22,24-26H2,1-13H3/b18-17+/t28-,29-,30+,31-,32+,35-,37+,39+,40-,41-,42?,43+,45+,46-,48+,49-,50+,51+,52+/m1/s1. The molecule has 16 heteroatoms. The van der Waals surface area contributed by atoms with Gasteiger partial charge in [-0.3, -0.25) is 24.2 Å². The van der Waals surface area contributed by atoms with Gasteiger partial charge in [-0.1, -0.05) is 58.0 Å². The highest BCUT2D eigenvalue weighted by Crippen LogP contribution is 2.53. The van der Waals surface area contributed by atoms with Crippen LogP contribution in [0.3, 0.4) is 0 Å². The number of rotatable bonds is 11. The molecule has 1 saturated carbocycles. The number of nitrogens with zero attached hydrogens (tertiary/aromatic N) is 2. The van der Waals surface area contributed by atoms with Crippen LogP contribution in [0.25, 0.3) is 17.0 Å². The van der Waals surface area contributed by atoms with E-state index in [4.69, 9.17) is 38.0 Å². The van der Waals surface area contributed by atoms with E-state index in [0.717, 1.165) is 16.5 Å². The molecule has 5 fully saturated rings. The number of aliphatic hydroxyl groups excluding tert-OH is 2. The lowest BCUT2D eigenvalue weighted by molar-refractivity contribution is -0.319. The molecule has 7 rings (SSSR count). The van der Waals surface area contributed by atoms with Crippen molar-refractivity contribution in [3.8, 4) is 0 Å². The van der Waals surface area contributed by atoms with Crippen LogP contribution in [0, 0.1) is 29.6 Å². The second kappa shape index (κ2) is 20.5. The Labute approximate surface area is 402 Å². The summed E-state index contributed by atoms with van der Waals surface area (Å²) < 4.78 is 46.3. The Morgan fingerprint density at radius 1 is 0.971 bits per heavy atom. The molecule has 19 atom stereocenters. The molecular weight excluding hydrogens is 875 g/mol. The Morgan fingerprint density at radius 2 is 1.69 bits per heavy atom. The van der Waals surface area contributed by atoms with E-state index in [1.807, 2.05) is 110 Å². The Bertz CT molecular complexity index is 2160. The third kappa shape index (κ3) is 9.99. The van der Waals surface area contributed by atoms with Gasteiger partial charge in [-0.2, -0.15) is 5.48 Å². The van der Waals surface area contributed by atoms with Gasteiger partial charge in [-0.15, -0.1) is 0 Å². The molecule has 0 bridgehead atoms. The molecule has 5 aliphatic rings. The number of benzene rings is 1. The molecule has 0 amide bonds. The molecular formula is C52H77N3O13. The van der Waals surface area contributed by atoms with Crippen LogP contribution in [0.4, 0.5) is 0 Å². The first-order chi connectivity index (χ1) is 32.0. The Morgan fingerprint density at radius 3 is 2.38 bits per heavy atom. The van der Waals surface area contributed by atoms with Crippen molar-refractivity contribution >= 4 is 34.5 Å². The molecule has 1 aromatic heterocycles. The number of likely N-dealkylation sites (N-methyl/N-ethyl adjacent to an activating group) is 1. The van der Waals surface area contributed by atoms with Crippen LogP contribution in [0.2, 0.25) is 0 Å². The Kier molecular flexibility index (Phi) is 15.8. The number of carbonyl (C=O) groups is 3. The summed E-state index contributed by atoms with van der Waals surface area (Å²) in [7, 11) is 5.34. The van der Waals surface area contributed by atoms with Crippen LogP contribution in [0.5, 0.6) is 0 Å². The number of para-hydroxylation sites is 1. The van der Waals surface area contributed by atoms with E-state index in [0.29, 0.717) is 12.8 Å². The zero-order chi connectivity index (χ0) is 49.7. The summed E-state index contributed by atoms with van der Waals surface area (Å²) in [5.41, 5.74) is -0.609. The minimum atomic E-state index is -1.54. The van der Waals surface area contributed by atoms with Crippen molar-refractivity contribution in [2.24, 2.45) is 29.6 Å². The quantitative estimate of drug-likeness (QED) is 0.236. The lowest BCUT2D eigenvalue weighted by Crippen LogP contribution is -2.62. The third-order valence-corrected chi connectivity index (χ3v) is 16.3. The first-order valence-corrected chi connectivity index (χ1v) is 24.6. The van der Waals surface area contributed by atoms with E-state index in [9.17, 15) is 15.0 Å². The summed E-state index contributed by atoms with van der Waals surface area (Å²) >= 11 is 0. The average molecular weight is 952 g/mol. The van der Waals surface area contributed by atoms with Crippen molar-refractivity contribution in [1.82, 2.24) is 15.4 Å². The molecule has 68 heavy (non-hydrogen) atoms. The van der Waals surface area contributed by atoms with Crippen molar-refractivity contribution in [1.29, 1.82) is 0 Å². The van der Waals surface area contributed by atoms with E-state index < -0.39 is 107 Å². The van der Waals surface area contributed by atoms with Crippen LogP contribution in [-0.2, 0) is 52.4 Å². The number of ketones is 2. The van der Waals surface area contributed by atoms with Gasteiger partial charge in [0, 0.05) is 61.2 Å². The number of hydrogen-bond acceptors (Lipinski definition) is 16. The van der Waals surface area contributed by atoms with Crippen LogP contribution in [-0.4, -0.2) is 149 Å². The molecule has 1 aromatic carbocycles. The van der Waals surface area contributed by atoms with E-state index in [2.05, 4.69) is 10.5 Å². The maximum Gasteiger partial charge on any atom is 0.326 e. The monoisotopic (exact) mass is 952 g/mol. The molecule has 16 nitrogen and oxygen atoms in total. The topological polar surface area (TPSA) is 194 Å². The lowest BCUT2D eigenvalue weighted by atomic mass is 9.63. The number of fused-ring (bicyclic) bond motifs is 1. The molecule has 4 saturated heterocycles. The average Bonchev–Trinajstić information content (AvgIpc) is 3.81. The molecule has 0 radical (unpaired) electrons. The summed E-state index contributed by atoms with van der Waals surface area (Å²) in [5, 5.41) is 24.2. The van der Waals surface area contributed by atoms with E-state index in [-0.39, 0.29) is 49.6 Å². The van der Waals surface area contributed by atoms with Crippen molar-refractivity contribution in [2.75, 3.05) is 27.8 Å². The molecule has 1 unspecified atom stereocenters. The van der Waals surface area contributed by atoms with Gasteiger partial charge in [-0.05, 0) is 92.6 Å². The third-order valence-electron chi connectivity index (χ3n) is 16.3. The number of pyridine rings is 1. The van der Waals surface area contributed by atoms with E-state index >= 15 is 9.59 Å². The summed E-state index contributed by atoms with van der Waals surface area (Å²) in [6, 6.07) is 8.66. The van der Waals surface area contributed by atoms with Gasteiger partial charge in [0.1, 0.15) is 29.6 Å². The van der Waals surface area contributed by atoms with Crippen molar-refractivity contribution < 1.29 is 62.6 Å². The number of aromatic nitrogens is 1. The van der Waals surface area contributed by atoms with Gasteiger partial charge in [0.05, 0.1) is 53.7 Å².